The number of methoxy groups -OCH3 is 1. The van der Waals surface area contributed by atoms with Crippen molar-refractivity contribution in [1.29, 1.82) is 0 Å². The van der Waals surface area contributed by atoms with Gasteiger partial charge in [-0.2, -0.15) is 0 Å². The fourth-order valence-electron chi connectivity index (χ4n) is 3.88. The second-order valence-corrected chi connectivity index (χ2v) is 8.94. The number of halogens is 1. The fourth-order valence-corrected chi connectivity index (χ4v) is 4.50. The normalized spacial score (nSPS) is 15.5. The summed E-state index contributed by atoms with van der Waals surface area (Å²) in [6.45, 7) is 0.526. The van der Waals surface area contributed by atoms with E-state index >= 15 is 0 Å². The van der Waals surface area contributed by atoms with Gasteiger partial charge in [-0.3, -0.25) is 15.2 Å². The number of nitrogens with one attached hydrogen (secondary N) is 3. The molecule has 1 aromatic carbocycles. The SMILES string of the molecule is COc1ccc(SC)c(CNC(=O)C2=CN(Cc3cn4cc(C5CC5)ccc4n3)NN2)c1F. The van der Waals surface area contributed by atoms with Gasteiger partial charge in [-0.15, -0.1) is 17.3 Å². The van der Waals surface area contributed by atoms with E-state index in [1.165, 1.54) is 37.3 Å². The molecule has 0 saturated heterocycles. The first-order chi connectivity index (χ1) is 16.1. The van der Waals surface area contributed by atoms with E-state index in [0.717, 1.165) is 16.2 Å². The zero-order valence-corrected chi connectivity index (χ0v) is 19.2. The second-order valence-electron chi connectivity index (χ2n) is 8.09. The van der Waals surface area contributed by atoms with E-state index in [4.69, 9.17) is 4.74 Å². The van der Waals surface area contributed by atoms with Gasteiger partial charge in [0.2, 0.25) is 0 Å². The number of amides is 1. The molecular formula is C23H25FN6O2S. The minimum Gasteiger partial charge on any atom is -0.494 e. The van der Waals surface area contributed by atoms with Gasteiger partial charge in [-0.05, 0) is 48.8 Å². The number of fused-ring (bicyclic) bond motifs is 1. The Morgan fingerprint density at radius 3 is 2.91 bits per heavy atom. The van der Waals surface area contributed by atoms with Crippen LogP contribution in [0.1, 0.15) is 35.6 Å². The summed E-state index contributed by atoms with van der Waals surface area (Å²) in [6, 6.07) is 7.56. The molecule has 8 nitrogen and oxygen atoms in total. The maximum absolute atomic E-state index is 14.7. The van der Waals surface area contributed by atoms with Gasteiger partial charge in [-0.25, -0.2) is 9.37 Å². The molecule has 0 radical (unpaired) electrons. The van der Waals surface area contributed by atoms with Crippen LogP contribution in [0.4, 0.5) is 4.39 Å². The van der Waals surface area contributed by atoms with E-state index in [0.29, 0.717) is 23.7 Å². The highest BCUT2D eigenvalue weighted by Gasteiger charge is 2.24. The van der Waals surface area contributed by atoms with Crippen molar-refractivity contribution >= 4 is 23.3 Å². The lowest BCUT2D eigenvalue weighted by molar-refractivity contribution is -0.118. The molecule has 10 heteroatoms. The third-order valence-corrected chi connectivity index (χ3v) is 6.62. The highest BCUT2D eigenvalue weighted by Crippen LogP contribution is 2.39. The van der Waals surface area contributed by atoms with Crippen LogP contribution in [-0.2, 0) is 17.9 Å². The van der Waals surface area contributed by atoms with Crippen LogP contribution in [0.3, 0.4) is 0 Å². The van der Waals surface area contributed by atoms with Gasteiger partial charge in [0.15, 0.2) is 11.6 Å². The van der Waals surface area contributed by atoms with Crippen LogP contribution in [0.2, 0.25) is 0 Å². The summed E-state index contributed by atoms with van der Waals surface area (Å²) in [4.78, 5) is 18.0. The zero-order valence-electron chi connectivity index (χ0n) is 18.4. The van der Waals surface area contributed by atoms with Gasteiger partial charge in [0.05, 0.1) is 19.3 Å². The van der Waals surface area contributed by atoms with Crippen molar-refractivity contribution < 1.29 is 13.9 Å². The monoisotopic (exact) mass is 468 g/mol. The third-order valence-electron chi connectivity index (χ3n) is 5.80. The smallest absolute Gasteiger partial charge is 0.270 e. The third kappa shape index (κ3) is 4.49. The summed E-state index contributed by atoms with van der Waals surface area (Å²) in [5, 5.41) is 4.52. The van der Waals surface area contributed by atoms with Crippen molar-refractivity contribution in [2.45, 2.75) is 36.7 Å². The number of thioether (sulfide) groups is 1. The van der Waals surface area contributed by atoms with E-state index < -0.39 is 5.82 Å². The van der Waals surface area contributed by atoms with Gasteiger partial charge < -0.3 is 14.5 Å². The van der Waals surface area contributed by atoms with Crippen LogP contribution in [0, 0.1) is 5.82 Å². The molecule has 3 aromatic rings. The lowest BCUT2D eigenvalue weighted by atomic mass is 10.2. The van der Waals surface area contributed by atoms with Crippen LogP contribution < -0.4 is 21.0 Å². The summed E-state index contributed by atoms with van der Waals surface area (Å²) < 4.78 is 21.8. The van der Waals surface area contributed by atoms with Crippen molar-refractivity contribution in [2.75, 3.05) is 13.4 Å². The molecule has 0 unspecified atom stereocenters. The van der Waals surface area contributed by atoms with Gasteiger partial charge in [0.25, 0.3) is 5.91 Å². The number of aromatic nitrogens is 2. The molecule has 1 amide bonds. The van der Waals surface area contributed by atoms with Crippen LogP contribution >= 0.6 is 11.8 Å². The van der Waals surface area contributed by atoms with Crippen LogP contribution in [0.5, 0.6) is 5.75 Å². The Bertz CT molecular complexity index is 1240. The lowest BCUT2D eigenvalue weighted by Crippen LogP contribution is -2.38. The second kappa shape index (κ2) is 8.95. The molecular weight excluding hydrogens is 443 g/mol. The first-order valence-corrected chi connectivity index (χ1v) is 11.9. The van der Waals surface area contributed by atoms with Crippen LogP contribution in [0.25, 0.3) is 5.65 Å². The predicted molar refractivity (Wildman–Crippen MR) is 124 cm³/mol. The minimum absolute atomic E-state index is 0.0484. The van der Waals surface area contributed by atoms with Crippen molar-refractivity contribution in [3.8, 4) is 5.75 Å². The molecule has 2 aromatic heterocycles. The largest absolute Gasteiger partial charge is 0.494 e. The molecule has 0 bridgehead atoms. The van der Waals surface area contributed by atoms with Gasteiger partial charge >= 0.3 is 0 Å². The molecule has 0 atom stereocenters. The van der Waals surface area contributed by atoms with Crippen LogP contribution in [0.15, 0.2) is 53.5 Å². The summed E-state index contributed by atoms with van der Waals surface area (Å²) in [5.74, 6) is 0.0313. The number of ether oxygens (including phenoxy) is 1. The molecule has 33 heavy (non-hydrogen) atoms. The number of hydrogen-bond acceptors (Lipinski definition) is 7. The quantitative estimate of drug-likeness (QED) is 0.438. The first kappa shape index (κ1) is 21.6. The molecule has 172 valence electrons. The molecule has 1 aliphatic carbocycles. The number of nitrogens with zero attached hydrogens (tertiary/aromatic N) is 3. The van der Waals surface area contributed by atoms with Crippen LogP contribution in [-0.4, -0.2) is 33.7 Å². The Kier molecular flexibility index (Phi) is 5.86. The molecule has 2 aliphatic rings. The molecule has 5 rings (SSSR count). The number of pyridine rings is 1. The van der Waals surface area contributed by atoms with E-state index in [-0.39, 0.29) is 18.2 Å². The fraction of sp³-hybridized carbons (Fsp3) is 0.304. The molecule has 1 aliphatic heterocycles. The summed E-state index contributed by atoms with van der Waals surface area (Å²) in [6.07, 6.45) is 10.2. The zero-order chi connectivity index (χ0) is 22.9. The standard InChI is InChI=1S/C23H25FN6O2S/c1-32-19-6-7-20(33-2)17(22(19)24)9-25-23(31)18-13-30(28-27-18)12-16-11-29-10-15(14-3-4-14)5-8-21(29)26-16/h5-8,10-11,13-14,27-28H,3-4,9,12H2,1-2H3,(H,25,31). The highest BCUT2D eigenvalue weighted by molar-refractivity contribution is 7.98. The van der Waals surface area contributed by atoms with Gasteiger partial charge in [0, 0.05) is 35.6 Å². The average molecular weight is 469 g/mol. The van der Waals surface area contributed by atoms with E-state index in [2.05, 4.69) is 37.9 Å². The van der Waals surface area contributed by atoms with Crippen molar-refractivity contribution in [3.05, 3.63) is 71.2 Å². The van der Waals surface area contributed by atoms with E-state index in [1.54, 1.807) is 23.3 Å². The van der Waals surface area contributed by atoms with Crippen molar-refractivity contribution in [2.24, 2.45) is 0 Å². The number of imidazole rings is 1. The van der Waals surface area contributed by atoms with Crippen molar-refractivity contribution in [3.63, 3.8) is 0 Å². The highest BCUT2D eigenvalue weighted by atomic mass is 32.2. The molecule has 0 spiro atoms. The number of benzene rings is 1. The lowest BCUT2D eigenvalue weighted by Gasteiger charge is -2.13. The maximum Gasteiger partial charge on any atom is 0.270 e. The minimum atomic E-state index is -0.463. The number of carbonyl (C=O) groups is 1. The molecule has 1 fully saturated rings. The number of hydrogen-bond donors (Lipinski definition) is 3. The Labute approximate surface area is 195 Å². The van der Waals surface area contributed by atoms with Crippen molar-refractivity contribution in [1.82, 2.24) is 30.7 Å². The summed E-state index contributed by atoms with van der Waals surface area (Å²) in [5.41, 5.74) is 9.67. The Hall–Kier alpha value is -3.24. The topological polar surface area (TPSA) is 82.9 Å². The first-order valence-electron chi connectivity index (χ1n) is 10.7. The molecule has 1 saturated carbocycles. The number of carbonyl (C=O) groups excluding carboxylic acids is 1. The number of rotatable bonds is 8. The van der Waals surface area contributed by atoms with E-state index in [9.17, 15) is 9.18 Å². The van der Waals surface area contributed by atoms with Gasteiger partial charge in [-0.1, -0.05) is 6.07 Å². The Morgan fingerprint density at radius 2 is 2.15 bits per heavy atom. The van der Waals surface area contributed by atoms with Gasteiger partial charge in [0.1, 0.15) is 11.3 Å². The summed E-state index contributed by atoms with van der Waals surface area (Å²) >= 11 is 1.42. The number of hydrazine groups is 2. The average Bonchev–Trinajstić information content (AvgIpc) is 3.44. The molecule has 3 heterocycles. The Balaban J connectivity index is 1.23. The van der Waals surface area contributed by atoms with E-state index in [1.807, 2.05) is 18.5 Å². The Morgan fingerprint density at radius 1 is 1.30 bits per heavy atom. The maximum atomic E-state index is 14.7. The summed E-state index contributed by atoms with van der Waals surface area (Å²) in [7, 11) is 1.42. The molecule has 3 N–H and O–H groups in total. The predicted octanol–water partition coefficient (Wildman–Crippen LogP) is 3.06.